The highest BCUT2D eigenvalue weighted by Gasteiger charge is 2.41. The van der Waals surface area contributed by atoms with Crippen molar-refractivity contribution in [3.05, 3.63) is 149 Å². The van der Waals surface area contributed by atoms with E-state index in [4.69, 9.17) is 37.9 Å². The van der Waals surface area contributed by atoms with Gasteiger partial charge in [-0.1, -0.05) is 128 Å². The van der Waals surface area contributed by atoms with E-state index in [2.05, 4.69) is 117 Å². The molecule has 2 aromatic heterocycles. The largest absolute Gasteiger partial charge is 0.456 e. The second-order valence-electron chi connectivity index (χ2n) is 21.0. The van der Waals surface area contributed by atoms with Gasteiger partial charge in [0.05, 0.1) is 0 Å². The zero-order valence-electron chi connectivity index (χ0n) is 45.3. The van der Waals surface area contributed by atoms with Crippen molar-refractivity contribution in [2.75, 3.05) is 27.2 Å². The second kappa shape index (κ2) is 24.8. The Morgan fingerprint density at radius 1 is 0.359 bits per heavy atom. The molecule has 4 aliphatic heterocycles. The Hall–Kier alpha value is -6.34. The summed E-state index contributed by atoms with van der Waals surface area (Å²) >= 11 is 8.35. The monoisotopic (exact) mass is 1170 g/mol. The minimum atomic E-state index is -0.183. The third-order valence-corrected chi connectivity index (χ3v) is 17.5. The topological polar surface area (TPSA) is 99.6 Å². The van der Waals surface area contributed by atoms with Crippen molar-refractivity contribution in [2.45, 2.75) is 154 Å². The third-order valence-electron chi connectivity index (χ3n) is 16.1. The molecule has 4 atom stereocenters. The van der Waals surface area contributed by atoms with Gasteiger partial charge in [-0.15, -0.1) is 0 Å². The maximum Gasteiger partial charge on any atom is 0.231 e. The molecular formula is C66H68Br2N2O8. The van der Waals surface area contributed by atoms with Crippen LogP contribution >= 0.6 is 31.9 Å². The summed E-state index contributed by atoms with van der Waals surface area (Å²) in [5.41, 5.74) is 11.5. The van der Waals surface area contributed by atoms with E-state index in [1.165, 1.54) is 0 Å². The van der Waals surface area contributed by atoms with E-state index >= 15 is 0 Å². The van der Waals surface area contributed by atoms with Gasteiger partial charge in [-0.25, -0.2) is 0 Å². The first-order valence-corrected chi connectivity index (χ1v) is 30.0. The number of aromatic nitrogens is 2. The number of unbranched alkanes of at least 4 members (excludes halogenated alkanes) is 8. The molecule has 11 rings (SSSR count). The van der Waals surface area contributed by atoms with Gasteiger partial charge in [0, 0.05) is 104 Å². The summed E-state index contributed by atoms with van der Waals surface area (Å²) in [5, 5.41) is 0. The van der Waals surface area contributed by atoms with Gasteiger partial charge < -0.3 is 37.9 Å². The van der Waals surface area contributed by atoms with Crippen LogP contribution < -0.4 is 37.9 Å². The average molecular weight is 1180 g/mol. The number of pyridine rings is 2. The molecule has 0 radical (unpaired) electrons. The van der Waals surface area contributed by atoms with Crippen molar-refractivity contribution < 1.29 is 37.9 Å². The molecule has 0 saturated heterocycles. The van der Waals surface area contributed by atoms with Crippen LogP contribution in [-0.2, 0) is 0 Å². The molecule has 4 aromatic carbocycles. The van der Waals surface area contributed by atoms with Gasteiger partial charge in [-0.05, 0) is 106 Å². The Morgan fingerprint density at radius 3 is 0.859 bits per heavy atom. The number of nitrogens with zero attached hydrogens (tertiary/aromatic N) is 2. The Balaban J connectivity index is 1.31. The molecule has 78 heavy (non-hydrogen) atoms. The van der Waals surface area contributed by atoms with Crippen LogP contribution in [0.4, 0.5) is 0 Å². The molecule has 0 fully saturated rings. The molecule has 12 heteroatoms. The van der Waals surface area contributed by atoms with Crippen molar-refractivity contribution in [3.63, 3.8) is 0 Å². The molecule has 8 bridgehead atoms. The zero-order valence-corrected chi connectivity index (χ0v) is 48.5. The van der Waals surface area contributed by atoms with E-state index in [-0.39, 0.29) is 50.8 Å². The molecule has 404 valence electrons. The molecule has 10 nitrogen and oxygen atoms in total. The van der Waals surface area contributed by atoms with Crippen molar-refractivity contribution in [1.82, 2.24) is 9.97 Å². The molecule has 0 N–H and O–H groups in total. The Labute approximate surface area is 476 Å². The molecule has 0 amide bonds. The van der Waals surface area contributed by atoms with Crippen molar-refractivity contribution in [2.24, 2.45) is 0 Å². The molecular weight excluding hydrogens is 1110 g/mol. The first kappa shape index (κ1) is 53.7. The van der Waals surface area contributed by atoms with Crippen LogP contribution in [0.25, 0.3) is 0 Å². The second-order valence-corrected chi connectivity index (χ2v) is 22.6. The smallest absolute Gasteiger partial charge is 0.231 e. The normalized spacial score (nSPS) is 17.8. The first-order chi connectivity index (χ1) is 38.4. The third kappa shape index (κ3) is 10.6. The lowest BCUT2D eigenvalue weighted by Gasteiger charge is -2.36. The van der Waals surface area contributed by atoms with E-state index in [0.29, 0.717) is 57.1 Å². The maximum atomic E-state index is 6.99. The first-order valence-electron chi connectivity index (χ1n) is 28.4. The van der Waals surface area contributed by atoms with Gasteiger partial charge in [0.1, 0.15) is 66.1 Å². The summed E-state index contributed by atoms with van der Waals surface area (Å²) in [6, 6.07) is 17.3. The highest BCUT2D eigenvalue weighted by atomic mass is 79.9. The minimum absolute atomic E-state index is 0.0789. The molecule has 0 saturated carbocycles. The quantitative estimate of drug-likeness (QED) is 0.0688. The van der Waals surface area contributed by atoms with Crippen LogP contribution in [0, 0.1) is 23.7 Å². The SMILES string of the molecule is CCCCCC1c2cc3c4c(Br)c2OCOc2c1cc1c(c2C#Cc2ccncc2)OCOc2c(cc5c(c2Br)OCOc2c(cc(c(c2C#Cc2ccncc2)OCO4)C3CCCCC)C5CCCCC)C1CCCCC. The molecule has 6 heterocycles. The Morgan fingerprint density at radius 2 is 0.603 bits per heavy atom. The number of benzene rings is 4. The van der Waals surface area contributed by atoms with Gasteiger partial charge in [-0.2, -0.15) is 0 Å². The van der Waals surface area contributed by atoms with Gasteiger partial charge in [0.2, 0.25) is 27.2 Å². The van der Waals surface area contributed by atoms with Gasteiger partial charge in [0.25, 0.3) is 0 Å². The van der Waals surface area contributed by atoms with E-state index < -0.39 is 0 Å². The summed E-state index contributed by atoms with van der Waals surface area (Å²) in [6.07, 6.45) is 22.9. The van der Waals surface area contributed by atoms with Crippen LogP contribution in [0.15, 0.2) is 82.3 Å². The summed E-state index contributed by atoms with van der Waals surface area (Å²) in [6.45, 7) is 8.73. The lowest BCUT2D eigenvalue weighted by Crippen LogP contribution is -2.24. The van der Waals surface area contributed by atoms with Gasteiger partial charge in [-0.3, -0.25) is 9.97 Å². The predicted octanol–water partition coefficient (Wildman–Crippen LogP) is 16.9. The van der Waals surface area contributed by atoms with Gasteiger partial charge >= 0.3 is 0 Å². The van der Waals surface area contributed by atoms with Crippen LogP contribution in [0.3, 0.4) is 0 Å². The molecule has 1 aliphatic carbocycles. The van der Waals surface area contributed by atoms with Crippen LogP contribution in [0.2, 0.25) is 0 Å². The highest BCUT2D eigenvalue weighted by molar-refractivity contribution is 9.11. The average Bonchev–Trinajstić information content (AvgIpc) is 3.64. The summed E-state index contributed by atoms with van der Waals surface area (Å²) in [5.74, 6) is 19.0. The molecule has 4 unspecified atom stereocenters. The minimum Gasteiger partial charge on any atom is -0.456 e. The van der Waals surface area contributed by atoms with Crippen molar-refractivity contribution >= 4 is 31.9 Å². The number of hydrogen-bond donors (Lipinski definition) is 0. The maximum absolute atomic E-state index is 6.99. The van der Waals surface area contributed by atoms with Crippen molar-refractivity contribution in [3.8, 4) is 69.7 Å². The van der Waals surface area contributed by atoms with Crippen LogP contribution in [0.1, 0.15) is 221 Å². The lowest BCUT2D eigenvalue weighted by atomic mass is 9.75. The lowest BCUT2D eigenvalue weighted by molar-refractivity contribution is 0.0964. The zero-order chi connectivity index (χ0) is 53.5. The highest BCUT2D eigenvalue weighted by Crippen LogP contribution is 2.59. The fourth-order valence-corrected chi connectivity index (χ4v) is 13.6. The summed E-state index contributed by atoms with van der Waals surface area (Å²) in [4.78, 5) is 8.60. The molecule has 6 aromatic rings. The van der Waals surface area contributed by atoms with E-state index in [0.717, 1.165) is 167 Å². The summed E-state index contributed by atoms with van der Waals surface area (Å²) in [7, 11) is 0. The van der Waals surface area contributed by atoms with Crippen LogP contribution in [0.5, 0.6) is 46.0 Å². The van der Waals surface area contributed by atoms with Crippen molar-refractivity contribution in [1.29, 1.82) is 0 Å². The number of hydrogen-bond acceptors (Lipinski definition) is 10. The number of ether oxygens (including phenoxy) is 8. The van der Waals surface area contributed by atoms with E-state index in [1.807, 2.05) is 24.3 Å². The fourth-order valence-electron chi connectivity index (χ4n) is 12.2. The molecule has 5 aliphatic rings. The Kier molecular flexibility index (Phi) is 17.0. The van der Waals surface area contributed by atoms with Crippen LogP contribution in [-0.4, -0.2) is 37.1 Å². The number of halogens is 2. The summed E-state index contributed by atoms with van der Waals surface area (Å²) < 4.78 is 57.1. The van der Waals surface area contributed by atoms with E-state index in [9.17, 15) is 0 Å². The van der Waals surface area contributed by atoms with E-state index in [1.54, 1.807) is 24.8 Å². The predicted molar refractivity (Wildman–Crippen MR) is 310 cm³/mol. The standard InChI is InChI=1S/C66H68Br2N2O8/c1-5-9-13-17-43-49-33-50-44(18-14-10-6-2)55-36-56-46(20-16-12-8-4)52-34-51-45(19-15-11-7-3)54-35-53(43)63-57(67)64(54)76-39-73-61(51)48(24-22-42-27-31-70-32-28-42)62(52)74-40-78-66(56)58(68)65(55)77-38-72-60(50)47(59(49)71-37-75-63)23-21-41-25-29-69-30-26-41/h25-36,43-46H,5-20,37-40H2,1-4H3. The fraction of sp³-hybridized carbons (Fsp3) is 0.424. The molecule has 0 spiro atoms. The van der Waals surface area contributed by atoms with Gasteiger partial charge in [0.15, 0.2) is 0 Å². The Bertz CT molecular complexity index is 2920. The number of rotatable bonds is 16.